The van der Waals surface area contributed by atoms with E-state index in [1.54, 1.807) is 11.6 Å². The van der Waals surface area contributed by atoms with Gasteiger partial charge >= 0.3 is 5.97 Å². The zero-order chi connectivity index (χ0) is 24.6. The van der Waals surface area contributed by atoms with Crippen molar-refractivity contribution in [3.8, 4) is 16.9 Å². The average Bonchev–Trinajstić information content (AvgIpc) is 2.80. The third-order valence-electron chi connectivity index (χ3n) is 5.66. The van der Waals surface area contributed by atoms with Crippen LogP contribution in [0.2, 0.25) is 0 Å². The molecule has 3 rings (SSSR count). The molecule has 0 saturated carbocycles. The Morgan fingerprint density at radius 1 is 1.00 bits per heavy atom. The number of phenolic OH excluding ortho intramolecular Hbond substituents is 1. The lowest BCUT2D eigenvalue weighted by atomic mass is 9.89. The zero-order valence-corrected chi connectivity index (χ0v) is 20.2. The summed E-state index contributed by atoms with van der Waals surface area (Å²) in [5.41, 5.74) is 6.10. The van der Waals surface area contributed by atoms with Crippen molar-refractivity contribution in [1.82, 2.24) is 4.57 Å². The third-order valence-corrected chi connectivity index (χ3v) is 5.66. The van der Waals surface area contributed by atoms with Crippen molar-refractivity contribution in [2.24, 2.45) is 7.05 Å². The van der Waals surface area contributed by atoms with Gasteiger partial charge in [-0.05, 0) is 73.0 Å². The summed E-state index contributed by atoms with van der Waals surface area (Å²) >= 11 is 0. The van der Waals surface area contributed by atoms with Gasteiger partial charge in [0.2, 0.25) is 0 Å². The van der Waals surface area contributed by atoms with E-state index in [2.05, 4.69) is 20.4 Å². The molecular weight excluding hydrogens is 402 g/mol. The van der Waals surface area contributed by atoms with Gasteiger partial charge in [0, 0.05) is 18.7 Å². The molecule has 0 aliphatic heterocycles. The zero-order valence-electron chi connectivity index (χ0n) is 20.2. The molecule has 5 heteroatoms. The Kier molecular flexibility index (Phi) is 9.92. The van der Waals surface area contributed by atoms with Crippen molar-refractivity contribution in [3.63, 3.8) is 0 Å². The Balaban J connectivity index is 0.000000485. The van der Waals surface area contributed by atoms with Crippen LogP contribution >= 0.6 is 0 Å². The van der Waals surface area contributed by atoms with Crippen molar-refractivity contribution < 1.29 is 15.0 Å². The Morgan fingerprint density at radius 3 is 1.91 bits per heavy atom. The predicted octanol–water partition coefficient (Wildman–Crippen LogP) is 6.21. The van der Waals surface area contributed by atoms with Crippen LogP contribution < -0.4 is 5.56 Å². The number of unbranched alkanes of at least 4 members (excludes halogenated alkanes) is 1. The number of benzene rings is 2. The number of fused-ring (bicyclic) bond motifs is 1. The minimum absolute atomic E-state index is 0.0145. The number of hydrogen-bond acceptors (Lipinski definition) is 3. The van der Waals surface area contributed by atoms with Crippen LogP contribution in [0, 0.1) is 27.7 Å². The largest absolute Gasteiger partial charge is 0.507 e. The molecule has 0 radical (unpaired) electrons. The van der Waals surface area contributed by atoms with Crippen LogP contribution in [0.4, 0.5) is 0 Å². The average molecular weight is 438 g/mol. The molecule has 2 aromatic carbocycles. The molecule has 0 atom stereocenters. The number of aliphatic carboxylic acids is 1. The normalized spacial score (nSPS) is 9.97. The van der Waals surface area contributed by atoms with Crippen LogP contribution in [-0.4, -0.2) is 20.7 Å². The Bertz CT molecular complexity index is 1140. The number of hydrogen-bond donors (Lipinski definition) is 2. The van der Waals surface area contributed by atoms with Crippen LogP contribution in [-0.2, 0) is 11.8 Å². The van der Waals surface area contributed by atoms with E-state index >= 15 is 0 Å². The predicted molar refractivity (Wildman–Crippen MR) is 134 cm³/mol. The number of rotatable bonds is 3. The first kappa shape index (κ1) is 26.7. The first-order chi connectivity index (χ1) is 15.0. The summed E-state index contributed by atoms with van der Waals surface area (Å²) in [6.07, 6.45) is 3.47. The highest BCUT2D eigenvalue weighted by atomic mass is 16.4. The van der Waals surface area contributed by atoms with Gasteiger partial charge in [-0.15, -0.1) is 0 Å². The van der Waals surface area contributed by atoms with Gasteiger partial charge in [-0.3, -0.25) is 4.79 Å². The van der Waals surface area contributed by atoms with Crippen LogP contribution in [0.5, 0.6) is 5.75 Å². The van der Waals surface area contributed by atoms with E-state index in [0.717, 1.165) is 44.8 Å². The van der Waals surface area contributed by atoms with Gasteiger partial charge in [-0.2, -0.15) is 0 Å². The molecule has 0 saturated heterocycles. The molecule has 0 aliphatic rings. The lowest BCUT2D eigenvalue weighted by Crippen LogP contribution is -2.19. The second kappa shape index (κ2) is 11.9. The van der Waals surface area contributed by atoms with Gasteiger partial charge in [0.15, 0.2) is 0 Å². The minimum atomic E-state index is -0.981. The molecular formula is C27H35NO4. The molecule has 3 aromatic rings. The summed E-state index contributed by atoms with van der Waals surface area (Å²) in [5, 5.41) is 18.9. The molecule has 0 spiro atoms. The number of phenols is 1. The van der Waals surface area contributed by atoms with Gasteiger partial charge in [0.25, 0.3) is 5.56 Å². The van der Waals surface area contributed by atoms with Crippen molar-refractivity contribution in [3.05, 3.63) is 75.6 Å². The molecule has 32 heavy (non-hydrogen) atoms. The van der Waals surface area contributed by atoms with E-state index in [1.807, 2.05) is 58.0 Å². The molecule has 5 nitrogen and oxygen atoms in total. The van der Waals surface area contributed by atoms with Crippen molar-refractivity contribution in [2.75, 3.05) is 0 Å². The van der Waals surface area contributed by atoms with Crippen LogP contribution in [0.3, 0.4) is 0 Å². The number of aryl methyl sites for hydroxylation is 1. The number of para-hydroxylation sites is 1. The van der Waals surface area contributed by atoms with Crippen molar-refractivity contribution in [2.45, 2.75) is 54.4 Å². The summed E-state index contributed by atoms with van der Waals surface area (Å²) in [7, 11) is 1.80. The summed E-state index contributed by atoms with van der Waals surface area (Å²) in [5.74, 6) is -0.661. The lowest BCUT2D eigenvalue weighted by Gasteiger charge is -2.18. The van der Waals surface area contributed by atoms with Gasteiger partial charge in [0.05, 0.1) is 5.52 Å². The van der Waals surface area contributed by atoms with E-state index in [4.69, 9.17) is 5.11 Å². The van der Waals surface area contributed by atoms with Crippen molar-refractivity contribution in [1.29, 1.82) is 0 Å². The standard InChI is InChI=1S/C20H21NO2.C4H10.C3H4O2/c1-11-13(3)19(22)14(4)12(2)18(11)16-10-15-8-6-7-9-17(15)21(5)20(16)23;1-3-4-2;1-2-3(4)5/h6-10,22H,1-5H3;3-4H2,1-2H3;2H,1H2,(H,4,5). The maximum absolute atomic E-state index is 12.9. The fourth-order valence-corrected chi connectivity index (χ4v) is 3.30. The topological polar surface area (TPSA) is 79.5 Å². The summed E-state index contributed by atoms with van der Waals surface area (Å²) in [6, 6.07) is 9.84. The van der Waals surface area contributed by atoms with E-state index in [-0.39, 0.29) is 5.56 Å². The highest BCUT2D eigenvalue weighted by Crippen LogP contribution is 2.36. The van der Waals surface area contributed by atoms with E-state index in [1.165, 1.54) is 12.8 Å². The van der Waals surface area contributed by atoms with E-state index < -0.39 is 5.97 Å². The Labute approximate surface area is 190 Å². The first-order valence-electron chi connectivity index (χ1n) is 10.8. The maximum atomic E-state index is 12.9. The number of aromatic nitrogens is 1. The van der Waals surface area contributed by atoms with E-state index in [0.29, 0.717) is 11.3 Å². The molecule has 1 heterocycles. The summed E-state index contributed by atoms with van der Waals surface area (Å²) in [6.45, 7) is 15.0. The van der Waals surface area contributed by atoms with Crippen LogP contribution in [0.15, 0.2) is 47.8 Å². The summed E-state index contributed by atoms with van der Waals surface area (Å²) < 4.78 is 1.70. The number of pyridine rings is 1. The number of nitrogens with zero attached hydrogens (tertiary/aromatic N) is 1. The molecule has 0 fully saturated rings. The van der Waals surface area contributed by atoms with Crippen LogP contribution in [0.1, 0.15) is 48.9 Å². The fraction of sp³-hybridized carbons (Fsp3) is 0.333. The molecule has 0 amide bonds. The van der Waals surface area contributed by atoms with Crippen LogP contribution in [0.25, 0.3) is 22.0 Å². The molecule has 0 bridgehead atoms. The molecule has 2 N–H and O–H groups in total. The molecule has 0 unspecified atom stereocenters. The Morgan fingerprint density at radius 2 is 1.47 bits per heavy atom. The fourth-order valence-electron chi connectivity index (χ4n) is 3.30. The molecule has 1 aromatic heterocycles. The van der Waals surface area contributed by atoms with Gasteiger partial charge in [-0.1, -0.05) is 51.5 Å². The van der Waals surface area contributed by atoms with E-state index in [9.17, 15) is 14.7 Å². The van der Waals surface area contributed by atoms with Gasteiger partial charge in [-0.25, -0.2) is 4.79 Å². The monoisotopic (exact) mass is 437 g/mol. The lowest BCUT2D eigenvalue weighted by molar-refractivity contribution is -0.131. The number of carboxylic acids is 1. The Hall–Kier alpha value is -3.34. The van der Waals surface area contributed by atoms with Gasteiger partial charge < -0.3 is 14.8 Å². The minimum Gasteiger partial charge on any atom is -0.507 e. The maximum Gasteiger partial charge on any atom is 0.327 e. The molecule has 172 valence electrons. The molecule has 0 aliphatic carbocycles. The number of aromatic hydroxyl groups is 1. The third kappa shape index (κ3) is 5.88. The second-order valence-electron chi connectivity index (χ2n) is 7.75. The summed E-state index contributed by atoms with van der Waals surface area (Å²) in [4.78, 5) is 22.1. The SMILES string of the molecule is C=CC(=O)O.CCCC.Cc1c(C)c(-c2cc3ccccc3n(C)c2=O)c(C)c(C)c1O. The highest BCUT2D eigenvalue weighted by molar-refractivity contribution is 5.86. The second-order valence-corrected chi connectivity index (χ2v) is 7.75. The quantitative estimate of drug-likeness (QED) is 0.478. The number of carboxylic acid groups (broad SMARTS) is 1. The van der Waals surface area contributed by atoms with Crippen molar-refractivity contribution >= 4 is 16.9 Å². The first-order valence-corrected chi connectivity index (χ1v) is 10.8. The smallest absolute Gasteiger partial charge is 0.327 e. The van der Waals surface area contributed by atoms with Gasteiger partial charge in [0.1, 0.15) is 5.75 Å². The number of carbonyl (C=O) groups is 1. The highest BCUT2D eigenvalue weighted by Gasteiger charge is 2.18.